The molecule has 8 heavy (non-hydrogen) atoms. The third-order valence-electron chi connectivity index (χ3n) is 3.41. The van der Waals surface area contributed by atoms with Gasteiger partial charge in [0.25, 0.3) is 0 Å². The summed E-state index contributed by atoms with van der Waals surface area (Å²) in [5, 5.41) is 0. The van der Waals surface area contributed by atoms with Crippen LogP contribution in [0.5, 0.6) is 0 Å². The van der Waals surface area contributed by atoms with Crippen LogP contribution in [0.3, 0.4) is 0 Å². The highest BCUT2D eigenvalue weighted by Gasteiger charge is 2.88. The predicted molar refractivity (Wildman–Crippen MR) is 28.3 cm³/mol. The average molecular weight is 108 g/mol. The maximum atomic E-state index is 11.0. The van der Waals surface area contributed by atoms with Crippen LogP contribution in [0.4, 0.5) is 0 Å². The molecule has 3 aliphatic rings. The fraction of sp³-hybridized carbons (Fsp3) is 0.857. The van der Waals surface area contributed by atoms with E-state index in [9.17, 15) is 4.79 Å². The van der Waals surface area contributed by atoms with E-state index >= 15 is 0 Å². The molecule has 3 aliphatic carbocycles. The Morgan fingerprint density at radius 1 is 1.38 bits per heavy atom. The first kappa shape index (κ1) is 3.65. The van der Waals surface area contributed by atoms with E-state index in [2.05, 4.69) is 0 Å². The van der Waals surface area contributed by atoms with Gasteiger partial charge < -0.3 is 0 Å². The summed E-state index contributed by atoms with van der Waals surface area (Å²) in [6.07, 6.45) is 4.66. The smallest absolute Gasteiger partial charge is 0.139 e. The van der Waals surface area contributed by atoms with Crippen LogP contribution in [0.2, 0.25) is 0 Å². The van der Waals surface area contributed by atoms with E-state index in [1.807, 2.05) is 0 Å². The Balaban J connectivity index is 2.19. The third-order valence-corrected chi connectivity index (χ3v) is 3.41. The first-order valence-electron chi connectivity index (χ1n) is 3.33. The summed E-state index contributed by atoms with van der Waals surface area (Å²) in [7, 11) is 0. The summed E-state index contributed by atoms with van der Waals surface area (Å²) in [5.74, 6) is 0.581. The zero-order valence-corrected chi connectivity index (χ0v) is 4.74. The minimum atomic E-state index is 0.326. The summed E-state index contributed by atoms with van der Waals surface area (Å²) >= 11 is 0. The molecule has 0 saturated heterocycles. The van der Waals surface area contributed by atoms with Gasteiger partial charge in [-0.1, -0.05) is 0 Å². The van der Waals surface area contributed by atoms with Gasteiger partial charge in [-0.25, -0.2) is 0 Å². The first-order valence-corrected chi connectivity index (χ1v) is 3.33. The van der Waals surface area contributed by atoms with Gasteiger partial charge in [0.15, 0.2) is 0 Å². The standard InChI is InChI=1S/C7H8O/c8-5-1-2-6-3-7(5,6)4-6/h1-4H2. The Kier molecular flexibility index (Phi) is 0.281. The van der Waals surface area contributed by atoms with Crippen LogP contribution in [0.25, 0.3) is 0 Å². The summed E-state index contributed by atoms with van der Waals surface area (Å²) in [6, 6.07) is 0. The zero-order chi connectivity index (χ0) is 5.41. The molecule has 0 aromatic heterocycles. The third kappa shape index (κ3) is 0.150. The minimum Gasteiger partial charge on any atom is -0.299 e. The molecule has 0 aromatic carbocycles. The lowest BCUT2D eigenvalue weighted by atomic mass is 10.00. The lowest BCUT2D eigenvalue weighted by molar-refractivity contribution is -0.121. The minimum absolute atomic E-state index is 0.326. The van der Waals surface area contributed by atoms with Crippen molar-refractivity contribution in [3.05, 3.63) is 0 Å². The molecule has 1 heteroatoms. The summed E-state index contributed by atoms with van der Waals surface area (Å²) in [5.41, 5.74) is 0.955. The van der Waals surface area contributed by atoms with Gasteiger partial charge in [0.1, 0.15) is 5.78 Å². The summed E-state index contributed by atoms with van der Waals surface area (Å²) < 4.78 is 0. The number of carbonyl (C=O) groups excluding carboxylic acids is 1. The Morgan fingerprint density at radius 2 is 2.12 bits per heavy atom. The number of hydrogen-bond donors (Lipinski definition) is 0. The molecule has 3 fully saturated rings. The quantitative estimate of drug-likeness (QED) is 0.454. The molecule has 0 N–H and O–H groups in total. The normalized spacial score (nSPS) is 64.8. The van der Waals surface area contributed by atoms with E-state index in [-0.39, 0.29) is 0 Å². The molecular weight excluding hydrogens is 100 g/mol. The fourth-order valence-corrected chi connectivity index (χ4v) is 2.52. The van der Waals surface area contributed by atoms with Crippen molar-refractivity contribution >= 4 is 5.78 Å². The van der Waals surface area contributed by atoms with Gasteiger partial charge >= 0.3 is 0 Å². The van der Waals surface area contributed by atoms with Crippen molar-refractivity contribution in [2.75, 3.05) is 0 Å². The molecule has 0 bridgehead atoms. The monoisotopic (exact) mass is 108 g/mol. The molecule has 0 spiro atoms. The number of carbonyl (C=O) groups is 1. The van der Waals surface area contributed by atoms with Crippen molar-refractivity contribution in [1.82, 2.24) is 0 Å². The van der Waals surface area contributed by atoms with Crippen molar-refractivity contribution in [3.8, 4) is 0 Å². The molecule has 0 aliphatic heterocycles. The van der Waals surface area contributed by atoms with Gasteiger partial charge in [-0.2, -0.15) is 0 Å². The van der Waals surface area contributed by atoms with Crippen LogP contribution in [-0.2, 0) is 4.79 Å². The van der Waals surface area contributed by atoms with Gasteiger partial charge in [-0.05, 0) is 24.7 Å². The van der Waals surface area contributed by atoms with Gasteiger partial charge in [0, 0.05) is 11.8 Å². The maximum Gasteiger partial charge on any atom is 0.139 e. The van der Waals surface area contributed by atoms with E-state index in [4.69, 9.17) is 0 Å². The van der Waals surface area contributed by atoms with Gasteiger partial charge in [-0.3, -0.25) is 4.79 Å². The van der Waals surface area contributed by atoms with Crippen molar-refractivity contribution in [3.63, 3.8) is 0 Å². The highest BCUT2D eigenvalue weighted by atomic mass is 16.1. The fourth-order valence-electron chi connectivity index (χ4n) is 2.52. The van der Waals surface area contributed by atoms with Crippen molar-refractivity contribution in [2.45, 2.75) is 25.7 Å². The molecule has 0 unspecified atom stereocenters. The van der Waals surface area contributed by atoms with Crippen LogP contribution >= 0.6 is 0 Å². The zero-order valence-electron chi connectivity index (χ0n) is 4.74. The summed E-state index contributed by atoms with van der Waals surface area (Å²) in [4.78, 5) is 11.0. The second-order valence-corrected chi connectivity index (χ2v) is 3.64. The maximum absolute atomic E-state index is 11.0. The Labute approximate surface area is 48.1 Å². The van der Waals surface area contributed by atoms with Crippen LogP contribution < -0.4 is 0 Å². The van der Waals surface area contributed by atoms with E-state index < -0.39 is 0 Å². The lowest BCUT2D eigenvalue weighted by Crippen LogP contribution is -2.05. The van der Waals surface area contributed by atoms with E-state index in [1.54, 1.807) is 0 Å². The van der Waals surface area contributed by atoms with E-state index in [0.29, 0.717) is 16.6 Å². The SMILES string of the molecule is O=C1CCC23CC12C3. The second-order valence-electron chi connectivity index (χ2n) is 3.64. The highest BCUT2D eigenvalue weighted by molar-refractivity contribution is 5.97. The van der Waals surface area contributed by atoms with Crippen LogP contribution in [0.1, 0.15) is 25.7 Å². The molecule has 3 saturated carbocycles. The lowest BCUT2D eigenvalue weighted by Gasteiger charge is -2.03. The van der Waals surface area contributed by atoms with Crippen molar-refractivity contribution in [2.24, 2.45) is 10.8 Å². The molecule has 0 heterocycles. The number of Topliss-reactive ketones (excluding diaryl/α,β-unsaturated/α-hetero) is 1. The first-order chi connectivity index (χ1) is 3.79. The summed E-state index contributed by atoms with van der Waals surface area (Å²) in [6.45, 7) is 0. The van der Waals surface area contributed by atoms with Gasteiger partial charge in [0.2, 0.25) is 0 Å². The van der Waals surface area contributed by atoms with Gasteiger partial charge in [0.05, 0.1) is 0 Å². The topological polar surface area (TPSA) is 17.1 Å². The van der Waals surface area contributed by atoms with Gasteiger partial charge in [-0.15, -0.1) is 0 Å². The number of rotatable bonds is 0. The van der Waals surface area contributed by atoms with E-state index in [1.165, 1.54) is 19.3 Å². The molecule has 1 nitrogen and oxygen atoms in total. The Bertz CT molecular complexity index is 187. The molecule has 0 atom stereocenters. The highest BCUT2D eigenvalue weighted by Crippen LogP contribution is 2.91. The number of ketones is 1. The van der Waals surface area contributed by atoms with Crippen LogP contribution in [0, 0.1) is 10.8 Å². The molecule has 0 amide bonds. The molecule has 3 rings (SSSR count). The average Bonchev–Trinajstić information content (AvgIpc) is 2.40. The molecular formula is C7H8O. The largest absolute Gasteiger partial charge is 0.299 e. The number of hydrogen-bond acceptors (Lipinski definition) is 1. The Hall–Kier alpha value is -0.330. The second kappa shape index (κ2) is 0.615. The van der Waals surface area contributed by atoms with Crippen molar-refractivity contribution < 1.29 is 4.79 Å². The van der Waals surface area contributed by atoms with E-state index in [0.717, 1.165) is 6.42 Å². The van der Waals surface area contributed by atoms with Crippen molar-refractivity contribution in [1.29, 1.82) is 0 Å². The molecule has 0 aromatic rings. The molecule has 42 valence electrons. The molecule has 0 radical (unpaired) electrons. The van der Waals surface area contributed by atoms with Crippen LogP contribution in [0.15, 0.2) is 0 Å². The predicted octanol–water partition coefficient (Wildman–Crippen LogP) is 1.13. The van der Waals surface area contributed by atoms with Crippen LogP contribution in [-0.4, -0.2) is 5.78 Å². The Morgan fingerprint density at radius 3 is 2.25 bits per heavy atom.